The molecule has 0 aromatic heterocycles. The lowest BCUT2D eigenvalue weighted by molar-refractivity contribution is 1.34. The Balaban J connectivity index is 1.91. The molecule has 0 amide bonds. The van der Waals surface area contributed by atoms with E-state index in [1.54, 1.807) is 6.07 Å². The molecule has 0 aliphatic rings. The first-order chi connectivity index (χ1) is 8.75. The molecule has 2 rings (SSSR count). The number of hydrogen-bond donors (Lipinski definition) is 1. The van der Waals surface area contributed by atoms with Gasteiger partial charge >= 0.3 is 0 Å². The summed E-state index contributed by atoms with van der Waals surface area (Å²) in [6, 6.07) is 15.6. The maximum absolute atomic E-state index is 6.05. The summed E-state index contributed by atoms with van der Waals surface area (Å²) in [6.45, 7) is 0.718. The van der Waals surface area contributed by atoms with Crippen LogP contribution in [0.2, 0.25) is 10.0 Å². The highest BCUT2D eigenvalue weighted by Crippen LogP contribution is 2.25. The lowest BCUT2D eigenvalue weighted by Crippen LogP contribution is -1.98. The Morgan fingerprint density at radius 2 is 1.78 bits per heavy atom. The number of nitrogens with one attached hydrogen (secondary N) is 1. The van der Waals surface area contributed by atoms with Crippen molar-refractivity contribution >= 4 is 35.0 Å². The normalized spacial score (nSPS) is 10.8. The van der Waals surface area contributed by atoms with Crippen molar-refractivity contribution in [3.8, 4) is 0 Å². The van der Waals surface area contributed by atoms with E-state index in [-0.39, 0.29) is 0 Å². The molecule has 0 radical (unpaired) electrons. The van der Waals surface area contributed by atoms with Crippen LogP contribution in [0.1, 0.15) is 5.56 Å². The average Bonchev–Trinajstić information content (AvgIpc) is 2.38. The van der Waals surface area contributed by atoms with Crippen molar-refractivity contribution in [2.24, 2.45) is 0 Å². The van der Waals surface area contributed by atoms with Crippen LogP contribution in [0.5, 0.6) is 0 Å². The van der Waals surface area contributed by atoms with E-state index in [9.17, 15) is 0 Å². The zero-order chi connectivity index (χ0) is 12.8. The fourth-order valence-corrected chi connectivity index (χ4v) is 2.04. The van der Waals surface area contributed by atoms with Crippen LogP contribution in [0.4, 0.5) is 5.69 Å². The van der Waals surface area contributed by atoms with Gasteiger partial charge in [0.1, 0.15) is 0 Å². The molecule has 1 nitrogen and oxygen atoms in total. The second kappa shape index (κ2) is 6.48. The molecule has 0 aliphatic heterocycles. The van der Waals surface area contributed by atoms with Crippen LogP contribution in [0.15, 0.2) is 54.6 Å². The van der Waals surface area contributed by atoms with Gasteiger partial charge in [-0.2, -0.15) is 0 Å². The molecular formula is C15H13Cl2N. The van der Waals surface area contributed by atoms with E-state index in [1.165, 1.54) is 5.56 Å². The molecule has 2 aromatic rings. The monoisotopic (exact) mass is 277 g/mol. The van der Waals surface area contributed by atoms with Gasteiger partial charge in [0.2, 0.25) is 0 Å². The molecule has 0 aliphatic carbocycles. The Bertz CT molecular complexity index is 535. The summed E-state index contributed by atoms with van der Waals surface area (Å²) in [5.74, 6) is 0. The molecule has 0 unspecified atom stereocenters. The molecule has 0 spiro atoms. The molecular weight excluding hydrogens is 265 g/mol. The Kier molecular flexibility index (Phi) is 4.68. The third kappa shape index (κ3) is 3.80. The molecule has 0 saturated heterocycles. The first-order valence-electron chi connectivity index (χ1n) is 5.66. The summed E-state index contributed by atoms with van der Waals surface area (Å²) in [5.41, 5.74) is 2.07. The lowest BCUT2D eigenvalue weighted by Gasteiger charge is -2.05. The van der Waals surface area contributed by atoms with Gasteiger partial charge in [-0.25, -0.2) is 0 Å². The zero-order valence-corrected chi connectivity index (χ0v) is 11.2. The predicted molar refractivity (Wildman–Crippen MR) is 80.4 cm³/mol. The smallest absolute Gasteiger partial charge is 0.0652 e. The molecule has 3 heteroatoms. The van der Waals surface area contributed by atoms with E-state index >= 15 is 0 Å². The predicted octanol–water partition coefficient (Wildman–Crippen LogP) is 5.12. The third-order valence-electron chi connectivity index (χ3n) is 2.45. The SMILES string of the molecule is Clc1ccc(NCC=Cc2ccccc2)c(Cl)c1. The van der Waals surface area contributed by atoms with E-state index in [1.807, 2.05) is 30.3 Å². The van der Waals surface area contributed by atoms with Crippen molar-refractivity contribution < 1.29 is 0 Å². The zero-order valence-electron chi connectivity index (χ0n) is 9.74. The average molecular weight is 278 g/mol. The van der Waals surface area contributed by atoms with Gasteiger partial charge < -0.3 is 5.32 Å². The molecule has 2 aromatic carbocycles. The maximum Gasteiger partial charge on any atom is 0.0652 e. The van der Waals surface area contributed by atoms with Crippen molar-refractivity contribution in [1.82, 2.24) is 0 Å². The molecule has 0 bridgehead atoms. The Morgan fingerprint density at radius 3 is 2.50 bits per heavy atom. The largest absolute Gasteiger partial charge is 0.380 e. The van der Waals surface area contributed by atoms with Gasteiger partial charge in [0, 0.05) is 11.6 Å². The van der Waals surface area contributed by atoms with Crippen LogP contribution in [-0.2, 0) is 0 Å². The number of rotatable bonds is 4. The summed E-state index contributed by atoms with van der Waals surface area (Å²) in [7, 11) is 0. The number of benzene rings is 2. The fourth-order valence-electron chi connectivity index (χ4n) is 1.56. The van der Waals surface area contributed by atoms with Crippen LogP contribution in [0, 0.1) is 0 Å². The summed E-state index contributed by atoms with van der Waals surface area (Å²) < 4.78 is 0. The van der Waals surface area contributed by atoms with Crippen molar-refractivity contribution in [3.05, 3.63) is 70.2 Å². The van der Waals surface area contributed by atoms with Gasteiger partial charge in [-0.15, -0.1) is 0 Å². The van der Waals surface area contributed by atoms with Gasteiger partial charge in [0.25, 0.3) is 0 Å². The Labute approximate surface area is 117 Å². The van der Waals surface area contributed by atoms with Gasteiger partial charge in [0.05, 0.1) is 10.7 Å². The lowest BCUT2D eigenvalue weighted by atomic mass is 10.2. The standard InChI is InChI=1S/C15H13Cl2N/c16-13-8-9-15(14(17)11-13)18-10-4-7-12-5-2-1-3-6-12/h1-9,11,18H,10H2. The second-order valence-corrected chi connectivity index (χ2v) is 4.66. The topological polar surface area (TPSA) is 12.0 Å². The molecule has 0 fully saturated rings. The molecule has 18 heavy (non-hydrogen) atoms. The van der Waals surface area contributed by atoms with E-state index in [0.29, 0.717) is 10.0 Å². The summed E-state index contributed by atoms with van der Waals surface area (Å²) in [6.07, 6.45) is 4.12. The number of hydrogen-bond acceptors (Lipinski definition) is 1. The van der Waals surface area contributed by atoms with Gasteiger partial charge in [-0.1, -0.05) is 65.7 Å². The van der Waals surface area contributed by atoms with E-state index in [0.717, 1.165) is 12.2 Å². The molecule has 0 saturated carbocycles. The van der Waals surface area contributed by atoms with E-state index in [2.05, 4.69) is 29.6 Å². The Hall–Kier alpha value is -1.44. The Morgan fingerprint density at radius 1 is 1.00 bits per heavy atom. The van der Waals surface area contributed by atoms with Crippen LogP contribution in [-0.4, -0.2) is 6.54 Å². The van der Waals surface area contributed by atoms with Gasteiger partial charge in [-0.3, -0.25) is 0 Å². The summed E-state index contributed by atoms with van der Waals surface area (Å²) in [4.78, 5) is 0. The summed E-state index contributed by atoms with van der Waals surface area (Å²) >= 11 is 11.9. The minimum atomic E-state index is 0.635. The quantitative estimate of drug-likeness (QED) is 0.818. The van der Waals surface area contributed by atoms with Crippen molar-refractivity contribution in [2.75, 3.05) is 11.9 Å². The first kappa shape index (κ1) is 13.0. The van der Waals surface area contributed by atoms with Crippen molar-refractivity contribution in [2.45, 2.75) is 0 Å². The minimum Gasteiger partial charge on any atom is -0.380 e. The number of anilines is 1. The summed E-state index contributed by atoms with van der Waals surface area (Å²) in [5, 5.41) is 4.51. The van der Waals surface area contributed by atoms with Crippen LogP contribution < -0.4 is 5.32 Å². The highest BCUT2D eigenvalue weighted by molar-refractivity contribution is 6.36. The maximum atomic E-state index is 6.05. The fraction of sp³-hybridized carbons (Fsp3) is 0.0667. The molecule has 1 N–H and O–H groups in total. The van der Waals surface area contributed by atoms with Gasteiger partial charge in [0.15, 0.2) is 0 Å². The van der Waals surface area contributed by atoms with Crippen LogP contribution >= 0.6 is 23.2 Å². The second-order valence-electron chi connectivity index (χ2n) is 3.82. The van der Waals surface area contributed by atoms with Gasteiger partial charge in [-0.05, 0) is 23.8 Å². The van der Waals surface area contributed by atoms with Crippen molar-refractivity contribution in [1.29, 1.82) is 0 Å². The van der Waals surface area contributed by atoms with E-state index in [4.69, 9.17) is 23.2 Å². The van der Waals surface area contributed by atoms with Crippen LogP contribution in [0.3, 0.4) is 0 Å². The molecule has 0 heterocycles. The number of halogens is 2. The molecule has 92 valence electrons. The third-order valence-corrected chi connectivity index (χ3v) is 3.00. The van der Waals surface area contributed by atoms with Crippen LogP contribution in [0.25, 0.3) is 6.08 Å². The minimum absolute atomic E-state index is 0.635. The van der Waals surface area contributed by atoms with Crippen molar-refractivity contribution in [3.63, 3.8) is 0 Å². The highest BCUT2D eigenvalue weighted by Gasteiger charge is 1.98. The highest BCUT2D eigenvalue weighted by atomic mass is 35.5. The molecule has 0 atom stereocenters. The first-order valence-corrected chi connectivity index (χ1v) is 6.42. The van der Waals surface area contributed by atoms with E-state index < -0.39 is 0 Å².